The van der Waals surface area contributed by atoms with Gasteiger partial charge in [-0.2, -0.15) is 0 Å². The lowest BCUT2D eigenvalue weighted by atomic mass is 9.84. The molecule has 0 aliphatic heterocycles. The van der Waals surface area contributed by atoms with Crippen molar-refractivity contribution in [3.8, 4) is 5.75 Å². The summed E-state index contributed by atoms with van der Waals surface area (Å²) in [6.07, 6.45) is 1.45. The molecule has 0 aromatic heterocycles. The van der Waals surface area contributed by atoms with Gasteiger partial charge < -0.3 is 9.84 Å². The molecule has 0 aliphatic rings. The van der Waals surface area contributed by atoms with Gasteiger partial charge in [-0.25, -0.2) is 0 Å². The topological polar surface area (TPSA) is 29.5 Å². The van der Waals surface area contributed by atoms with E-state index >= 15 is 0 Å². The number of hydrogen-bond acceptors (Lipinski definition) is 2. The van der Waals surface area contributed by atoms with Gasteiger partial charge in [0.2, 0.25) is 0 Å². The van der Waals surface area contributed by atoms with E-state index in [0.29, 0.717) is 0 Å². The summed E-state index contributed by atoms with van der Waals surface area (Å²) in [4.78, 5) is 0. The number of ether oxygens (including phenoxy) is 1. The van der Waals surface area contributed by atoms with Crippen molar-refractivity contribution < 1.29 is 9.84 Å². The van der Waals surface area contributed by atoms with Crippen molar-refractivity contribution in [1.82, 2.24) is 0 Å². The number of aliphatic hydroxyl groups excluding tert-OH is 1. The van der Waals surface area contributed by atoms with E-state index in [0.717, 1.165) is 24.2 Å². The van der Waals surface area contributed by atoms with E-state index in [-0.39, 0.29) is 5.41 Å². The number of hydrogen-bond donors (Lipinski definition) is 1. The highest BCUT2D eigenvalue weighted by Gasteiger charge is 2.21. The summed E-state index contributed by atoms with van der Waals surface area (Å²) in [6, 6.07) is 4.29. The van der Waals surface area contributed by atoms with Crippen molar-refractivity contribution in [1.29, 1.82) is 0 Å². The van der Waals surface area contributed by atoms with Crippen LogP contribution in [-0.4, -0.2) is 11.4 Å². The molecule has 1 N–H and O–H groups in total. The third kappa shape index (κ3) is 3.74. The minimum absolute atomic E-state index is 0.0143. The van der Waals surface area contributed by atoms with Gasteiger partial charge >= 0.3 is 0 Å². The quantitative estimate of drug-likeness (QED) is 0.820. The molecule has 0 radical (unpaired) electrons. The summed E-state index contributed by atoms with van der Waals surface area (Å²) in [5.41, 5.74) is 3.79. The lowest BCUT2D eigenvalue weighted by Crippen LogP contribution is -2.18. The van der Waals surface area contributed by atoms with Crippen LogP contribution in [0.1, 0.15) is 57.7 Å². The normalized spacial score (nSPS) is 13.5. The first-order chi connectivity index (χ1) is 8.25. The summed E-state index contributed by atoms with van der Waals surface area (Å²) >= 11 is 0. The van der Waals surface area contributed by atoms with Crippen LogP contribution in [0.25, 0.3) is 0 Å². The number of aliphatic hydroxyl groups is 1. The van der Waals surface area contributed by atoms with Crippen molar-refractivity contribution in [2.45, 2.75) is 66.1 Å². The zero-order chi connectivity index (χ0) is 13.9. The minimum Gasteiger partial charge on any atom is -0.465 e. The highest BCUT2D eigenvalue weighted by atomic mass is 16.6. The van der Waals surface area contributed by atoms with Crippen LogP contribution in [0.15, 0.2) is 12.1 Å². The van der Waals surface area contributed by atoms with Gasteiger partial charge in [-0.1, -0.05) is 40.2 Å². The van der Waals surface area contributed by atoms with Crippen LogP contribution in [0.4, 0.5) is 0 Å². The lowest BCUT2D eigenvalue weighted by molar-refractivity contribution is -0.00159. The van der Waals surface area contributed by atoms with Gasteiger partial charge in [-0.3, -0.25) is 0 Å². The third-order valence-corrected chi connectivity index (χ3v) is 3.06. The monoisotopic (exact) mass is 250 g/mol. The Morgan fingerprint density at radius 3 is 2.33 bits per heavy atom. The summed E-state index contributed by atoms with van der Waals surface area (Å²) in [6.45, 7) is 12.4. The van der Waals surface area contributed by atoms with Gasteiger partial charge in [0.15, 0.2) is 6.29 Å². The second-order valence-corrected chi connectivity index (χ2v) is 5.99. The Morgan fingerprint density at radius 1 is 1.28 bits per heavy atom. The first-order valence-corrected chi connectivity index (χ1v) is 6.74. The van der Waals surface area contributed by atoms with Crippen LogP contribution in [0.5, 0.6) is 5.75 Å². The van der Waals surface area contributed by atoms with E-state index < -0.39 is 6.29 Å². The molecule has 0 aliphatic carbocycles. The van der Waals surface area contributed by atoms with Crippen molar-refractivity contribution in [3.63, 3.8) is 0 Å². The van der Waals surface area contributed by atoms with Crippen LogP contribution < -0.4 is 4.74 Å². The predicted molar refractivity (Wildman–Crippen MR) is 76.2 cm³/mol. The minimum atomic E-state index is -0.775. The highest BCUT2D eigenvalue weighted by molar-refractivity contribution is 5.45. The molecule has 102 valence electrons. The fraction of sp³-hybridized carbons (Fsp3) is 0.625. The van der Waals surface area contributed by atoms with Gasteiger partial charge in [0.05, 0.1) is 0 Å². The molecule has 0 bridgehead atoms. The van der Waals surface area contributed by atoms with Crippen LogP contribution in [0.3, 0.4) is 0 Å². The Morgan fingerprint density at radius 2 is 1.89 bits per heavy atom. The molecule has 2 heteroatoms. The fourth-order valence-electron chi connectivity index (χ4n) is 2.13. The molecule has 0 saturated heterocycles. The first-order valence-electron chi connectivity index (χ1n) is 6.74. The van der Waals surface area contributed by atoms with E-state index in [4.69, 9.17) is 4.74 Å². The second kappa shape index (κ2) is 5.75. The molecule has 1 unspecified atom stereocenters. The van der Waals surface area contributed by atoms with E-state index in [9.17, 15) is 5.11 Å². The molecule has 0 amide bonds. The van der Waals surface area contributed by atoms with Gasteiger partial charge in [0, 0.05) is 0 Å². The molecule has 18 heavy (non-hydrogen) atoms. The number of rotatable bonds is 4. The molecule has 0 spiro atoms. The van der Waals surface area contributed by atoms with Crippen LogP contribution >= 0.6 is 0 Å². The SMILES string of the molecule is CCCc1cc(C(C)(C)C)c(OC(C)O)cc1C. The Bertz CT molecular complexity index is 400. The Labute approximate surface area is 111 Å². The standard InChI is InChI=1S/C16H26O2/c1-7-8-13-10-14(16(4,5)6)15(9-11(13)2)18-12(3)17/h9-10,12,17H,7-8H2,1-6H3. The molecular formula is C16H26O2. The van der Waals surface area contributed by atoms with Crippen molar-refractivity contribution in [2.75, 3.05) is 0 Å². The molecule has 0 fully saturated rings. The summed E-state index contributed by atoms with van der Waals surface area (Å²) in [5.74, 6) is 0.801. The Balaban J connectivity index is 3.28. The molecular weight excluding hydrogens is 224 g/mol. The number of benzene rings is 1. The average Bonchev–Trinajstić information content (AvgIpc) is 2.19. The van der Waals surface area contributed by atoms with E-state index in [2.05, 4.69) is 46.8 Å². The van der Waals surface area contributed by atoms with Crippen molar-refractivity contribution in [3.05, 3.63) is 28.8 Å². The zero-order valence-corrected chi connectivity index (χ0v) is 12.5. The van der Waals surface area contributed by atoms with Crippen molar-refractivity contribution in [2.24, 2.45) is 0 Å². The molecule has 1 aromatic carbocycles. The molecule has 1 atom stereocenters. The number of aryl methyl sites for hydroxylation is 2. The maximum Gasteiger partial charge on any atom is 0.194 e. The molecule has 1 rings (SSSR count). The highest BCUT2D eigenvalue weighted by Crippen LogP contribution is 2.34. The molecule has 2 nitrogen and oxygen atoms in total. The van der Waals surface area contributed by atoms with Crippen LogP contribution in [0.2, 0.25) is 0 Å². The lowest BCUT2D eigenvalue weighted by Gasteiger charge is -2.25. The summed E-state index contributed by atoms with van der Waals surface area (Å²) in [5, 5.41) is 9.44. The van der Waals surface area contributed by atoms with Gasteiger partial charge in [0.1, 0.15) is 5.75 Å². The second-order valence-electron chi connectivity index (χ2n) is 5.99. The molecule has 0 saturated carbocycles. The molecule has 0 heterocycles. The maximum atomic E-state index is 9.44. The van der Waals surface area contributed by atoms with Gasteiger partial charge in [-0.05, 0) is 48.4 Å². The van der Waals surface area contributed by atoms with Crippen molar-refractivity contribution >= 4 is 0 Å². The average molecular weight is 250 g/mol. The fourth-order valence-corrected chi connectivity index (χ4v) is 2.13. The van der Waals surface area contributed by atoms with Gasteiger partial charge in [-0.15, -0.1) is 0 Å². The Hall–Kier alpha value is -1.02. The third-order valence-electron chi connectivity index (χ3n) is 3.06. The largest absolute Gasteiger partial charge is 0.465 e. The van der Waals surface area contributed by atoms with E-state index in [1.54, 1.807) is 6.92 Å². The molecule has 1 aromatic rings. The van der Waals surface area contributed by atoms with Crippen LogP contribution in [0, 0.1) is 6.92 Å². The first kappa shape index (κ1) is 15.0. The summed E-state index contributed by atoms with van der Waals surface area (Å²) in [7, 11) is 0. The Kier molecular flexibility index (Phi) is 4.80. The van der Waals surface area contributed by atoms with Crippen LogP contribution in [-0.2, 0) is 11.8 Å². The predicted octanol–water partition coefficient (Wildman–Crippen LogP) is 3.96. The maximum absolute atomic E-state index is 9.44. The van der Waals surface area contributed by atoms with Gasteiger partial charge in [0.25, 0.3) is 0 Å². The van der Waals surface area contributed by atoms with E-state index in [1.165, 1.54) is 11.1 Å². The van der Waals surface area contributed by atoms with E-state index in [1.807, 2.05) is 0 Å². The zero-order valence-electron chi connectivity index (χ0n) is 12.5. The smallest absolute Gasteiger partial charge is 0.194 e. The summed E-state index contributed by atoms with van der Waals surface area (Å²) < 4.78 is 5.54.